The van der Waals surface area contributed by atoms with Gasteiger partial charge in [0, 0.05) is 18.0 Å². The summed E-state index contributed by atoms with van der Waals surface area (Å²) in [5.41, 5.74) is 4.72. The van der Waals surface area contributed by atoms with E-state index in [1.807, 2.05) is 24.3 Å². The van der Waals surface area contributed by atoms with Gasteiger partial charge in [-0.3, -0.25) is 9.78 Å². The molecule has 2 aromatic carbocycles. The normalized spacial score (nSPS) is 26.4. The predicted molar refractivity (Wildman–Crippen MR) is 96.4 cm³/mol. The SMILES string of the molecule is C[C@@H]1[C@H](c2ccccc2)c2ccccc2[C@@]12NC(=O)c1cccnc12. The van der Waals surface area contributed by atoms with Crippen molar-refractivity contribution < 1.29 is 4.79 Å². The molecule has 5 rings (SSSR count). The van der Waals surface area contributed by atoms with E-state index < -0.39 is 5.54 Å². The zero-order chi connectivity index (χ0) is 17.0. The van der Waals surface area contributed by atoms with Crippen LogP contribution in [0, 0.1) is 5.92 Å². The number of benzene rings is 2. The Balaban J connectivity index is 1.80. The third-order valence-electron chi connectivity index (χ3n) is 5.80. The molecule has 3 aromatic rings. The Morgan fingerprint density at radius 1 is 0.960 bits per heavy atom. The molecule has 0 saturated heterocycles. The summed E-state index contributed by atoms with van der Waals surface area (Å²) in [7, 11) is 0. The molecule has 0 saturated carbocycles. The lowest BCUT2D eigenvalue weighted by atomic mass is 9.77. The quantitative estimate of drug-likeness (QED) is 0.738. The lowest BCUT2D eigenvalue weighted by Gasteiger charge is -2.32. The third kappa shape index (κ3) is 1.75. The van der Waals surface area contributed by atoms with Gasteiger partial charge in [-0.1, -0.05) is 61.5 Å². The Morgan fingerprint density at radius 3 is 2.56 bits per heavy atom. The second-order valence-electron chi connectivity index (χ2n) is 6.93. The Bertz CT molecular complexity index is 982. The number of carbonyl (C=O) groups is 1. The van der Waals surface area contributed by atoms with Gasteiger partial charge in [-0.05, 0) is 28.8 Å². The lowest BCUT2D eigenvalue weighted by Crippen LogP contribution is -2.44. The van der Waals surface area contributed by atoms with Gasteiger partial charge in [-0.2, -0.15) is 0 Å². The number of pyridine rings is 1. The smallest absolute Gasteiger partial charge is 0.254 e. The summed E-state index contributed by atoms with van der Waals surface area (Å²) in [6, 6.07) is 22.7. The number of nitrogens with one attached hydrogen (secondary N) is 1. The number of aromatic nitrogens is 1. The monoisotopic (exact) mass is 326 g/mol. The molecule has 0 bridgehead atoms. The predicted octanol–water partition coefficient (Wildman–Crippen LogP) is 3.85. The van der Waals surface area contributed by atoms with Crippen LogP contribution >= 0.6 is 0 Å². The first-order chi connectivity index (χ1) is 12.2. The Labute approximate surface area is 146 Å². The average molecular weight is 326 g/mol. The molecule has 0 unspecified atom stereocenters. The average Bonchev–Trinajstić information content (AvgIpc) is 3.10. The highest BCUT2D eigenvalue weighted by molar-refractivity contribution is 6.00. The van der Waals surface area contributed by atoms with Crippen molar-refractivity contribution in [1.29, 1.82) is 0 Å². The first-order valence-corrected chi connectivity index (χ1v) is 8.66. The number of nitrogens with zero attached hydrogens (tertiary/aromatic N) is 1. The maximum Gasteiger partial charge on any atom is 0.254 e. The number of hydrogen-bond acceptors (Lipinski definition) is 2. The van der Waals surface area contributed by atoms with Gasteiger partial charge in [-0.25, -0.2) is 0 Å². The van der Waals surface area contributed by atoms with Crippen molar-refractivity contribution in [1.82, 2.24) is 10.3 Å². The van der Waals surface area contributed by atoms with E-state index in [2.05, 4.69) is 59.7 Å². The van der Waals surface area contributed by atoms with Crippen LogP contribution in [0.3, 0.4) is 0 Å². The highest BCUT2D eigenvalue weighted by Crippen LogP contribution is 2.56. The van der Waals surface area contributed by atoms with Gasteiger partial charge >= 0.3 is 0 Å². The highest BCUT2D eigenvalue weighted by Gasteiger charge is 2.57. The maximum absolute atomic E-state index is 12.7. The van der Waals surface area contributed by atoms with E-state index >= 15 is 0 Å². The van der Waals surface area contributed by atoms with Crippen molar-refractivity contribution in [3.05, 3.63) is 101 Å². The van der Waals surface area contributed by atoms with Crippen LogP contribution < -0.4 is 5.32 Å². The summed E-state index contributed by atoms with van der Waals surface area (Å²) < 4.78 is 0. The molecule has 2 aliphatic rings. The van der Waals surface area contributed by atoms with E-state index in [1.165, 1.54) is 16.7 Å². The Hall–Kier alpha value is -2.94. The molecule has 3 heteroatoms. The number of carbonyl (C=O) groups excluding carboxylic acids is 1. The zero-order valence-corrected chi connectivity index (χ0v) is 13.9. The van der Waals surface area contributed by atoms with Crippen molar-refractivity contribution in [2.24, 2.45) is 5.92 Å². The molecule has 0 fully saturated rings. The number of rotatable bonds is 1. The standard InChI is InChI=1S/C22H18N2O/c1-14-19(15-8-3-2-4-9-15)16-10-5-6-12-18(16)22(14)20-17(21(25)24-22)11-7-13-23-20/h2-14,19H,1H3,(H,24,25)/t14-,19-,22+/m1/s1. The van der Waals surface area contributed by atoms with E-state index in [4.69, 9.17) is 0 Å². The summed E-state index contributed by atoms with van der Waals surface area (Å²) in [4.78, 5) is 17.3. The highest BCUT2D eigenvalue weighted by atomic mass is 16.2. The van der Waals surface area contributed by atoms with Crippen LogP contribution in [0.5, 0.6) is 0 Å². The van der Waals surface area contributed by atoms with Gasteiger partial charge in [0.05, 0.1) is 11.3 Å². The summed E-state index contributed by atoms with van der Waals surface area (Å²) in [5, 5.41) is 3.30. The summed E-state index contributed by atoms with van der Waals surface area (Å²) in [6.07, 6.45) is 1.78. The molecular formula is C22H18N2O. The molecule has 0 radical (unpaired) electrons. The van der Waals surface area contributed by atoms with Crippen molar-refractivity contribution >= 4 is 5.91 Å². The van der Waals surface area contributed by atoms with Crippen LogP contribution in [0.15, 0.2) is 72.9 Å². The van der Waals surface area contributed by atoms with Crippen LogP contribution in [-0.2, 0) is 5.54 Å². The fourth-order valence-corrected chi connectivity index (χ4v) is 4.75. The van der Waals surface area contributed by atoms with Crippen LogP contribution in [-0.4, -0.2) is 10.9 Å². The second-order valence-corrected chi connectivity index (χ2v) is 6.93. The summed E-state index contributed by atoms with van der Waals surface area (Å²) >= 11 is 0. The van der Waals surface area contributed by atoms with Crippen molar-refractivity contribution in [2.75, 3.05) is 0 Å². The largest absolute Gasteiger partial charge is 0.336 e. The molecule has 3 atom stereocenters. The molecule has 1 N–H and O–H groups in total. The van der Waals surface area contributed by atoms with E-state index in [1.54, 1.807) is 6.20 Å². The molecule has 1 amide bonds. The fraction of sp³-hybridized carbons (Fsp3) is 0.182. The molecule has 1 spiro atoms. The minimum atomic E-state index is -0.551. The van der Waals surface area contributed by atoms with Gasteiger partial charge in [-0.15, -0.1) is 0 Å². The summed E-state index contributed by atoms with van der Waals surface area (Å²) in [5.74, 6) is 0.372. The molecule has 1 aliphatic heterocycles. The van der Waals surface area contributed by atoms with E-state index in [9.17, 15) is 4.79 Å². The maximum atomic E-state index is 12.7. The number of amides is 1. The molecule has 1 aromatic heterocycles. The topological polar surface area (TPSA) is 42.0 Å². The van der Waals surface area contributed by atoms with E-state index in [0.29, 0.717) is 5.56 Å². The first kappa shape index (κ1) is 14.4. The van der Waals surface area contributed by atoms with Gasteiger partial charge in [0.15, 0.2) is 0 Å². The van der Waals surface area contributed by atoms with Crippen LogP contribution in [0.1, 0.15) is 45.6 Å². The summed E-state index contributed by atoms with van der Waals surface area (Å²) in [6.45, 7) is 2.22. The molecule has 3 nitrogen and oxygen atoms in total. The molecule has 122 valence electrons. The minimum Gasteiger partial charge on any atom is -0.336 e. The third-order valence-corrected chi connectivity index (χ3v) is 5.80. The van der Waals surface area contributed by atoms with Gasteiger partial charge in [0.2, 0.25) is 0 Å². The van der Waals surface area contributed by atoms with Crippen molar-refractivity contribution in [3.8, 4) is 0 Å². The number of hydrogen-bond donors (Lipinski definition) is 1. The molecular weight excluding hydrogens is 308 g/mol. The van der Waals surface area contributed by atoms with E-state index in [-0.39, 0.29) is 17.7 Å². The van der Waals surface area contributed by atoms with Crippen molar-refractivity contribution in [2.45, 2.75) is 18.4 Å². The second kappa shape index (κ2) is 5.03. The van der Waals surface area contributed by atoms with E-state index in [0.717, 1.165) is 5.69 Å². The first-order valence-electron chi connectivity index (χ1n) is 8.66. The van der Waals surface area contributed by atoms with Crippen LogP contribution in [0.25, 0.3) is 0 Å². The lowest BCUT2D eigenvalue weighted by molar-refractivity contribution is 0.0924. The van der Waals surface area contributed by atoms with Crippen LogP contribution in [0.2, 0.25) is 0 Å². The van der Waals surface area contributed by atoms with Gasteiger partial charge in [0.1, 0.15) is 5.54 Å². The van der Waals surface area contributed by atoms with Gasteiger partial charge < -0.3 is 5.32 Å². The minimum absolute atomic E-state index is 0.0292. The number of fused-ring (bicyclic) bond motifs is 4. The Morgan fingerprint density at radius 2 is 1.72 bits per heavy atom. The zero-order valence-electron chi connectivity index (χ0n) is 13.9. The van der Waals surface area contributed by atoms with Gasteiger partial charge in [0.25, 0.3) is 5.91 Å². The van der Waals surface area contributed by atoms with Crippen molar-refractivity contribution in [3.63, 3.8) is 0 Å². The molecule has 2 heterocycles. The molecule has 25 heavy (non-hydrogen) atoms. The Kier molecular flexibility index (Phi) is 2.90. The van der Waals surface area contributed by atoms with Crippen LogP contribution in [0.4, 0.5) is 0 Å². The molecule has 1 aliphatic carbocycles. The fourth-order valence-electron chi connectivity index (χ4n) is 4.75.